The Labute approximate surface area is 161 Å². The van der Waals surface area contributed by atoms with E-state index in [1.807, 2.05) is 25.1 Å². The summed E-state index contributed by atoms with van der Waals surface area (Å²) in [6, 6.07) is 8.04. The summed E-state index contributed by atoms with van der Waals surface area (Å²) in [5.74, 6) is -0.475. The van der Waals surface area contributed by atoms with Gasteiger partial charge in [-0.05, 0) is 26.2 Å². The van der Waals surface area contributed by atoms with Crippen LogP contribution in [-0.4, -0.2) is 54.3 Å². The molecular formula is C18H28NO6S2+. The second-order valence-electron chi connectivity index (χ2n) is 7.32. The molecule has 0 amide bonds. The van der Waals surface area contributed by atoms with Crippen LogP contribution in [0, 0.1) is 0 Å². The van der Waals surface area contributed by atoms with E-state index in [9.17, 15) is 16.8 Å². The Kier molecular flexibility index (Phi) is 6.83. The predicted molar refractivity (Wildman–Crippen MR) is 105 cm³/mol. The lowest BCUT2D eigenvalue weighted by atomic mass is 9.76. The maximum absolute atomic E-state index is 10.9. The van der Waals surface area contributed by atoms with Gasteiger partial charge in [0.25, 0.3) is 20.2 Å². The first-order valence-corrected chi connectivity index (χ1v) is 12.3. The van der Waals surface area contributed by atoms with Gasteiger partial charge in [0.2, 0.25) is 5.69 Å². The van der Waals surface area contributed by atoms with Crippen molar-refractivity contribution in [3.8, 4) is 0 Å². The number of nitrogens with zero attached hydrogens (tertiary/aromatic N) is 1. The summed E-state index contributed by atoms with van der Waals surface area (Å²) in [7, 11) is -7.88. The number of rotatable bonds is 10. The maximum atomic E-state index is 10.9. The highest BCUT2D eigenvalue weighted by Crippen LogP contribution is 2.42. The molecule has 2 rings (SSSR count). The molecule has 0 saturated heterocycles. The van der Waals surface area contributed by atoms with Crippen molar-refractivity contribution >= 4 is 31.6 Å². The van der Waals surface area contributed by atoms with Crippen molar-refractivity contribution in [1.29, 1.82) is 0 Å². The van der Waals surface area contributed by atoms with Crippen LogP contribution in [0.25, 0.3) is 0 Å². The molecular weight excluding hydrogens is 390 g/mol. The highest BCUT2D eigenvalue weighted by atomic mass is 32.2. The van der Waals surface area contributed by atoms with Gasteiger partial charge in [-0.3, -0.25) is 9.11 Å². The first-order chi connectivity index (χ1) is 12.4. The van der Waals surface area contributed by atoms with Crippen molar-refractivity contribution in [3.05, 3.63) is 29.8 Å². The number of fused-ring (bicyclic) bond motifs is 1. The second-order valence-corrected chi connectivity index (χ2v) is 10.5. The smallest absolute Gasteiger partial charge is 0.264 e. The monoisotopic (exact) mass is 418 g/mol. The average molecular weight is 419 g/mol. The van der Waals surface area contributed by atoms with E-state index in [1.54, 1.807) is 0 Å². The molecule has 0 aliphatic carbocycles. The Morgan fingerprint density at radius 1 is 0.926 bits per heavy atom. The molecule has 1 aliphatic rings. The van der Waals surface area contributed by atoms with E-state index < -0.39 is 20.2 Å². The number of para-hydroxylation sites is 1. The van der Waals surface area contributed by atoms with E-state index in [2.05, 4.69) is 17.6 Å². The Bertz CT molecular complexity index is 921. The van der Waals surface area contributed by atoms with Gasteiger partial charge in [-0.2, -0.15) is 21.4 Å². The van der Waals surface area contributed by atoms with Crippen molar-refractivity contribution in [1.82, 2.24) is 0 Å². The molecule has 152 valence electrons. The van der Waals surface area contributed by atoms with Crippen LogP contribution in [0.1, 0.15) is 51.5 Å². The van der Waals surface area contributed by atoms with Gasteiger partial charge >= 0.3 is 0 Å². The van der Waals surface area contributed by atoms with Crippen LogP contribution in [-0.2, 0) is 25.7 Å². The van der Waals surface area contributed by atoms with Crippen LogP contribution in [0.2, 0.25) is 0 Å². The Morgan fingerprint density at radius 2 is 1.48 bits per heavy atom. The third kappa shape index (κ3) is 5.84. The van der Waals surface area contributed by atoms with Crippen LogP contribution in [0.3, 0.4) is 0 Å². The third-order valence-electron chi connectivity index (χ3n) is 5.36. The fraction of sp³-hybridized carbons (Fsp3) is 0.611. The van der Waals surface area contributed by atoms with Gasteiger partial charge in [0.15, 0.2) is 5.71 Å². The van der Waals surface area contributed by atoms with Gasteiger partial charge in [0, 0.05) is 25.0 Å². The SMILES string of the molecule is CC1=[N+](CCCCS(=O)(=O)O)c2ccccc2C1(C)CCCCS(=O)(=O)O. The number of hydrogen-bond acceptors (Lipinski definition) is 4. The molecule has 0 spiro atoms. The average Bonchev–Trinajstić information content (AvgIpc) is 2.76. The fourth-order valence-corrected chi connectivity index (χ4v) is 4.91. The van der Waals surface area contributed by atoms with E-state index in [-0.39, 0.29) is 16.9 Å². The molecule has 27 heavy (non-hydrogen) atoms. The molecule has 2 N–H and O–H groups in total. The van der Waals surface area contributed by atoms with E-state index in [0.717, 1.165) is 17.8 Å². The van der Waals surface area contributed by atoms with Gasteiger partial charge in [-0.25, -0.2) is 0 Å². The van der Waals surface area contributed by atoms with Crippen molar-refractivity contribution < 1.29 is 30.5 Å². The summed E-state index contributed by atoms with van der Waals surface area (Å²) in [5, 5.41) is 0. The zero-order valence-electron chi connectivity index (χ0n) is 15.8. The zero-order chi connectivity index (χ0) is 20.3. The number of benzene rings is 1. The molecule has 0 bridgehead atoms. The molecule has 0 fully saturated rings. The molecule has 1 aromatic carbocycles. The molecule has 7 nitrogen and oxygen atoms in total. The molecule has 1 unspecified atom stereocenters. The molecule has 0 saturated carbocycles. The van der Waals surface area contributed by atoms with Crippen molar-refractivity contribution in [2.75, 3.05) is 18.1 Å². The standard InChI is InChI=1S/C18H27NO6S2/c1-15-18(2,11-5-7-13-26(20,21)22)16-9-3-4-10-17(16)19(15)12-6-8-14-27(23,24)25/h3-4,9-10H,5-8,11-14H2,1-2H3,(H-,20,21,22,23,24,25)/p+1. The van der Waals surface area contributed by atoms with E-state index in [4.69, 9.17) is 9.11 Å². The topological polar surface area (TPSA) is 112 Å². The second kappa shape index (κ2) is 8.38. The summed E-state index contributed by atoms with van der Waals surface area (Å²) >= 11 is 0. The largest absolute Gasteiger partial charge is 0.286 e. The number of hydrogen-bond donors (Lipinski definition) is 2. The van der Waals surface area contributed by atoms with Gasteiger partial charge in [0.05, 0.1) is 16.9 Å². The minimum atomic E-state index is -3.94. The van der Waals surface area contributed by atoms with Crippen LogP contribution >= 0.6 is 0 Å². The summed E-state index contributed by atoms with van der Waals surface area (Å²) in [6.07, 6.45) is 2.84. The molecule has 0 radical (unpaired) electrons. The Hall–Kier alpha value is -1.29. The first-order valence-electron chi connectivity index (χ1n) is 9.05. The fourth-order valence-electron chi connectivity index (χ4n) is 3.77. The third-order valence-corrected chi connectivity index (χ3v) is 6.96. The summed E-state index contributed by atoms with van der Waals surface area (Å²) < 4.78 is 63.6. The minimum Gasteiger partial charge on any atom is -0.286 e. The lowest BCUT2D eigenvalue weighted by Crippen LogP contribution is -2.30. The molecule has 1 aromatic rings. The first kappa shape index (κ1) is 22.0. The lowest BCUT2D eigenvalue weighted by Gasteiger charge is -2.22. The molecule has 0 aromatic heterocycles. The van der Waals surface area contributed by atoms with Crippen molar-refractivity contribution in [2.24, 2.45) is 0 Å². The Morgan fingerprint density at radius 3 is 2.07 bits per heavy atom. The highest BCUT2D eigenvalue weighted by molar-refractivity contribution is 7.86. The Balaban J connectivity index is 2.13. The molecule has 9 heteroatoms. The zero-order valence-corrected chi connectivity index (χ0v) is 17.4. The van der Waals surface area contributed by atoms with E-state index in [0.29, 0.717) is 32.2 Å². The predicted octanol–water partition coefficient (Wildman–Crippen LogP) is 2.79. The number of unbranched alkanes of at least 4 members (excludes halogenated alkanes) is 2. The van der Waals surface area contributed by atoms with Crippen LogP contribution in [0.5, 0.6) is 0 Å². The van der Waals surface area contributed by atoms with Crippen molar-refractivity contribution in [2.45, 2.75) is 51.4 Å². The lowest BCUT2D eigenvalue weighted by molar-refractivity contribution is -0.439. The summed E-state index contributed by atoms with van der Waals surface area (Å²) in [6.45, 7) is 4.83. The molecule has 1 aliphatic heterocycles. The minimum absolute atomic E-state index is 0.233. The van der Waals surface area contributed by atoms with E-state index >= 15 is 0 Å². The molecule has 1 heterocycles. The van der Waals surface area contributed by atoms with Gasteiger partial charge in [-0.1, -0.05) is 24.6 Å². The van der Waals surface area contributed by atoms with E-state index in [1.165, 1.54) is 5.56 Å². The summed E-state index contributed by atoms with van der Waals surface area (Å²) in [4.78, 5) is 0. The van der Waals surface area contributed by atoms with Gasteiger partial charge < -0.3 is 0 Å². The van der Waals surface area contributed by atoms with Gasteiger partial charge in [0.1, 0.15) is 6.54 Å². The molecule has 1 atom stereocenters. The van der Waals surface area contributed by atoms with Crippen LogP contribution in [0.4, 0.5) is 5.69 Å². The van der Waals surface area contributed by atoms with Crippen LogP contribution in [0.15, 0.2) is 24.3 Å². The quantitative estimate of drug-likeness (QED) is 0.343. The van der Waals surface area contributed by atoms with Crippen molar-refractivity contribution in [3.63, 3.8) is 0 Å². The van der Waals surface area contributed by atoms with Crippen LogP contribution < -0.4 is 0 Å². The summed E-state index contributed by atoms with van der Waals surface area (Å²) in [5.41, 5.74) is 3.16. The normalized spacial score (nSPS) is 20.1. The maximum Gasteiger partial charge on any atom is 0.264 e. The van der Waals surface area contributed by atoms with Gasteiger partial charge in [-0.15, -0.1) is 0 Å². The highest BCUT2D eigenvalue weighted by Gasteiger charge is 2.45.